The highest BCUT2D eigenvalue weighted by Crippen LogP contribution is 2.37. The fourth-order valence-corrected chi connectivity index (χ4v) is 4.18. The van der Waals surface area contributed by atoms with Gasteiger partial charge in [-0.15, -0.1) is 0 Å². The van der Waals surface area contributed by atoms with E-state index in [1.807, 2.05) is 43.3 Å². The Morgan fingerprint density at radius 1 is 1.09 bits per heavy atom. The van der Waals surface area contributed by atoms with Crippen LogP contribution in [0.15, 0.2) is 79.0 Å². The molecule has 1 aromatic heterocycles. The molecule has 1 amide bonds. The molecule has 1 aliphatic rings. The number of aromatic hydroxyl groups is 1. The molecular formula is C25H21ClN4O2. The average molecular weight is 445 g/mol. The summed E-state index contributed by atoms with van der Waals surface area (Å²) in [6.45, 7) is 2.53. The molecular weight excluding hydrogens is 424 g/mol. The van der Waals surface area contributed by atoms with Crippen molar-refractivity contribution in [3.05, 3.63) is 101 Å². The zero-order chi connectivity index (χ0) is 22.2. The maximum atomic E-state index is 13.5. The lowest BCUT2D eigenvalue weighted by molar-refractivity contribution is 0.0664. The Bertz CT molecular complexity index is 1360. The molecule has 32 heavy (non-hydrogen) atoms. The number of hydrazine groups is 1. The number of phenols is 1. The van der Waals surface area contributed by atoms with Gasteiger partial charge in [-0.25, -0.2) is 5.01 Å². The van der Waals surface area contributed by atoms with E-state index >= 15 is 0 Å². The number of halogens is 1. The highest BCUT2D eigenvalue weighted by molar-refractivity contribution is 6.33. The van der Waals surface area contributed by atoms with Crippen molar-refractivity contribution in [1.29, 1.82) is 0 Å². The Kier molecular flexibility index (Phi) is 5.07. The molecule has 0 radical (unpaired) electrons. The van der Waals surface area contributed by atoms with Crippen LogP contribution in [0.4, 0.5) is 0 Å². The van der Waals surface area contributed by atoms with Crippen LogP contribution < -0.4 is 5.43 Å². The van der Waals surface area contributed by atoms with Crippen LogP contribution >= 0.6 is 11.6 Å². The molecule has 0 saturated carbocycles. The normalized spacial score (nSPS) is 15.6. The van der Waals surface area contributed by atoms with Crippen molar-refractivity contribution in [3.8, 4) is 5.75 Å². The van der Waals surface area contributed by atoms with Crippen molar-refractivity contribution in [2.45, 2.75) is 19.5 Å². The van der Waals surface area contributed by atoms with Gasteiger partial charge in [0, 0.05) is 18.3 Å². The SMILES string of the molecule is CCn1cc(Cl)c(C(=O)N2NC(c3ccc4ccccc4c3)=CC2c2ccccc2O)n1. The fourth-order valence-electron chi connectivity index (χ4n) is 3.95. The third-order valence-electron chi connectivity index (χ3n) is 5.62. The van der Waals surface area contributed by atoms with Gasteiger partial charge in [-0.2, -0.15) is 5.10 Å². The number of amides is 1. The molecule has 7 heteroatoms. The van der Waals surface area contributed by atoms with Crippen LogP contribution in [-0.2, 0) is 6.54 Å². The van der Waals surface area contributed by atoms with Crippen molar-refractivity contribution in [1.82, 2.24) is 20.2 Å². The minimum Gasteiger partial charge on any atom is -0.508 e. The lowest BCUT2D eigenvalue weighted by Crippen LogP contribution is -2.40. The average Bonchev–Trinajstić information content (AvgIpc) is 3.42. The number of rotatable bonds is 4. The highest BCUT2D eigenvalue weighted by Gasteiger charge is 2.35. The quantitative estimate of drug-likeness (QED) is 0.456. The zero-order valence-electron chi connectivity index (χ0n) is 17.4. The number of fused-ring (bicyclic) bond motifs is 1. The molecule has 0 saturated heterocycles. The Hall–Kier alpha value is -3.77. The van der Waals surface area contributed by atoms with Gasteiger partial charge in [0.05, 0.1) is 10.7 Å². The van der Waals surface area contributed by atoms with Crippen molar-refractivity contribution < 1.29 is 9.90 Å². The first-order chi connectivity index (χ1) is 15.5. The number of carbonyl (C=O) groups is 1. The summed E-state index contributed by atoms with van der Waals surface area (Å²) in [4.78, 5) is 13.5. The van der Waals surface area contributed by atoms with Crippen LogP contribution in [0.2, 0.25) is 5.02 Å². The maximum absolute atomic E-state index is 13.5. The second kappa shape index (κ2) is 8.05. The Morgan fingerprint density at radius 2 is 1.84 bits per heavy atom. The third kappa shape index (κ3) is 3.48. The van der Waals surface area contributed by atoms with Crippen molar-refractivity contribution in [2.24, 2.45) is 0 Å². The van der Waals surface area contributed by atoms with E-state index in [0.717, 1.165) is 22.0 Å². The zero-order valence-corrected chi connectivity index (χ0v) is 18.1. The minimum atomic E-state index is -0.534. The number of aryl methyl sites for hydroxylation is 1. The minimum absolute atomic E-state index is 0.110. The molecule has 2 heterocycles. The van der Waals surface area contributed by atoms with Crippen LogP contribution in [0, 0.1) is 0 Å². The largest absolute Gasteiger partial charge is 0.508 e. The molecule has 4 aromatic rings. The monoisotopic (exact) mass is 444 g/mol. The van der Waals surface area contributed by atoms with Crippen LogP contribution in [0.25, 0.3) is 16.5 Å². The molecule has 0 bridgehead atoms. The molecule has 6 nitrogen and oxygen atoms in total. The third-order valence-corrected chi connectivity index (χ3v) is 5.90. The summed E-state index contributed by atoms with van der Waals surface area (Å²) >= 11 is 6.32. The summed E-state index contributed by atoms with van der Waals surface area (Å²) in [6.07, 6.45) is 3.57. The van der Waals surface area contributed by atoms with Gasteiger partial charge in [-0.3, -0.25) is 14.9 Å². The number of benzene rings is 3. The number of phenolic OH excluding ortho intramolecular Hbond substituents is 1. The number of carbonyl (C=O) groups excluding carboxylic acids is 1. The van der Waals surface area contributed by atoms with Gasteiger partial charge >= 0.3 is 0 Å². The second-order valence-corrected chi connectivity index (χ2v) is 8.02. The van der Waals surface area contributed by atoms with E-state index in [1.54, 1.807) is 29.1 Å². The van der Waals surface area contributed by atoms with Crippen molar-refractivity contribution in [2.75, 3.05) is 0 Å². The highest BCUT2D eigenvalue weighted by atomic mass is 35.5. The predicted octanol–water partition coefficient (Wildman–Crippen LogP) is 5.16. The van der Waals surface area contributed by atoms with Gasteiger partial charge in [0.25, 0.3) is 5.91 Å². The Morgan fingerprint density at radius 3 is 2.59 bits per heavy atom. The fraction of sp³-hybridized carbons (Fsp3) is 0.120. The Labute approximate surface area is 190 Å². The molecule has 1 unspecified atom stereocenters. The van der Waals surface area contributed by atoms with Gasteiger partial charge in [0.1, 0.15) is 11.8 Å². The summed E-state index contributed by atoms with van der Waals surface area (Å²) in [5.74, 6) is -0.263. The predicted molar refractivity (Wildman–Crippen MR) is 125 cm³/mol. The van der Waals surface area contributed by atoms with E-state index in [0.29, 0.717) is 12.1 Å². The van der Waals surface area contributed by atoms with Crippen LogP contribution in [0.1, 0.15) is 34.6 Å². The van der Waals surface area contributed by atoms with E-state index in [4.69, 9.17) is 11.6 Å². The number of aromatic nitrogens is 2. The summed E-state index contributed by atoms with van der Waals surface area (Å²) in [7, 11) is 0. The first-order valence-electron chi connectivity index (χ1n) is 10.4. The second-order valence-electron chi connectivity index (χ2n) is 7.61. The van der Waals surface area contributed by atoms with Gasteiger partial charge < -0.3 is 5.11 Å². The van der Waals surface area contributed by atoms with Crippen LogP contribution in [-0.4, -0.2) is 25.8 Å². The van der Waals surface area contributed by atoms with Crippen LogP contribution in [0.3, 0.4) is 0 Å². The first kappa shape index (κ1) is 20.2. The molecule has 160 valence electrons. The van der Waals surface area contributed by atoms with E-state index in [-0.39, 0.29) is 22.4 Å². The van der Waals surface area contributed by atoms with E-state index in [2.05, 4.69) is 28.7 Å². The standard InChI is InChI=1S/C25H21ClN4O2/c1-2-29-15-20(26)24(28-29)25(32)30-22(19-9-5-6-10-23(19)31)14-21(27-30)18-12-11-16-7-3-4-8-17(16)13-18/h3-15,22,27,31H,2H2,1H3. The molecule has 5 rings (SSSR count). The van der Waals surface area contributed by atoms with Crippen molar-refractivity contribution >= 4 is 34.0 Å². The van der Waals surface area contributed by atoms with Crippen LogP contribution in [0.5, 0.6) is 5.75 Å². The van der Waals surface area contributed by atoms with E-state index < -0.39 is 6.04 Å². The van der Waals surface area contributed by atoms with Gasteiger partial charge in [-0.05, 0) is 41.5 Å². The molecule has 2 N–H and O–H groups in total. The molecule has 3 aromatic carbocycles. The molecule has 1 atom stereocenters. The van der Waals surface area contributed by atoms with Gasteiger partial charge in [0.2, 0.25) is 0 Å². The molecule has 0 spiro atoms. The molecule has 0 aliphatic carbocycles. The summed E-state index contributed by atoms with van der Waals surface area (Å²) < 4.78 is 1.62. The number of hydrogen-bond donors (Lipinski definition) is 2. The lowest BCUT2D eigenvalue weighted by Gasteiger charge is -2.25. The molecule has 0 fully saturated rings. The number of nitrogens with zero attached hydrogens (tertiary/aromatic N) is 3. The lowest BCUT2D eigenvalue weighted by atomic mass is 10.0. The van der Waals surface area contributed by atoms with E-state index in [9.17, 15) is 9.90 Å². The number of nitrogens with one attached hydrogen (secondary N) is 1. The number of hydrogen-bond acceptors (Lipinski definition) is 4. The Balaban J connectivity index is 1.57. The summed E-state index contributed by atoms with van der Waals surface area (Å²) in [6, 6.07) is 20.7. The number of para-hydroxylation sites is 1. The summed E-state index contributed by atoms with van der Waals surface area (Å²) in [5.41, 5.74) is 5.70. The van der Waals surface area contributed by atoms with Gasteiger partial charge in [0.15, 0.2) is 5.69 Å². The topological polar surface area (TPSA) is 70.4 Å². The maximum Gasteiger partial charge on any atom is 0.295 e. The van der Waals surface area contributed by atoms with Crippen molar-refractivity contribution in [3.63, 3.8) is 0 Å². The summed E-state index contributed by atoms with van der Waals surface area (Å²) in [5, 5.41) is 18.8. The van der Waals surface area contributed by atoms with E-state index in [1.165, 1.54) is 5.01 Å². The smallest absolute Gasteiger partial charge is 0.295 e. The molecule has 1 aliphatic heterocycles. The van der Waals surface area contributed by atoms with Gasteiger partial charge in [-0.1, -0.05) is 66.2 Å². The first-order valence-corrected chi connectivity index (χ1v) is 10.7.